The van der Waals surface area contributed by atoms with Crippen molar-refractivity contribution in [2.24, 2.45) is 0 Å². The number of nitrogens with one attached hydrogen (secondary N) is 1. The molecule has 1 aliphatic rings. The summed E-state index contributed by atoms with van der Waals surface area (Å²) in [7, 11) is 0. The van der Waals surface area contributed by atoms with Crippen LogP contribution in [0.2, 0.25) is 0 Å². The van der Waals surface area contributed by atoms with Crippen LogP contribution in [0.4, 0.5) is 5.69 Å². The summed E-state index contributed by atoms with van der Waals surface area (Å²) >= 11 is 0. The van der Waals surface area contributed by atoms with Crippen molar-refractivity contribution in [3.05, 3.63) is 90.3 Å². The van der Waals surface area contributed by atoms with Crippen molar-refractivity contribution >= 4 is 22.4 Å². The monoisotopic (exact) mass is 380 g/mol. The number of nitrogens with zero attached hydrogens (tertiary/aromatic N) is 3. The maximum Gasteiger partial charge on any atom is 0.254 e. The maximum absolute atomic E-state index is 13.4. The summed E-state index contributed by atoms with van der Waals surface area (Å²) in [5, 5.41) is 5.41. The molecule has 0 saturated carbocycles. The summed E-state index contributed by atoms with van der Waals surface area (Å²) in [4.78, 5) is 24.5. The molecule has 0 radical (unpaired) electrons. The lowest BCUT2D eigenvalue weighted by atomic mass is 10.0. The zero-order chi connectivity index (χ0) is 19.6. The van der Waals surface area contributed by atoms with Gasteiger partial charge in [-0.1, -0.05) is 66.7 Å². The van der Waals surface area contributed by atoms with Crippen molar-refractivity contribution in [3.8, 4) is 11.4 Å². The van der Waals surface area contributed by atoms with Gasteiger partial charge in [-0.3, -0.25) is 4.79 Å². The minimum atomic E-state index is 0.0244. The zero-order valence-electron chi connectivity index (χ0n) is 15.9. The molecule has 1 amide bonds. The summed E-state index contributed by atoms with van der Waals surface area (Å²) in [6, 6.07) is 23.8. The first kappa shape index (κ1) is 17.4. The van der Waals surface area contributed by atoms with E-state index in [0.717, 1.165) is 33.3 Å². The van der Waals surface area contributed by atoms with E-state index < -0.39 is 0 Å². The van der Waals surface area contributed by atoms with Crippen LogP contribution in [0.15, 0.2) is 79.0 Å². The van der Waals surface area contributed by atoms with Crippen LogP contribution in [0.3, 0.4) is 0 Å². The molecule has 0 aliphatic carbocycles. The van der Waals surface area contributed by atoms with Crippen molar-refractivity contribution < 1.29 is 4.79 Å². The second-order valence-electron chi connectivity index (χ2n) is 7.10. The molecule has 29 heavy (non-hydrogen) atoms. The lowest BCUT2D eigenvalue weighted by Crippen LogP contribution is -2.33. The van der Waals surface area contributed by atoms with Gasteiger partial charge in [0.25, 0.3) is 5.91 Å². The van der Waals surface area contributed by atoms with E-state index in [9.17, 15) is 4.79 Å². The van der Waals surface area contributed by atoms with Gasteiger partial charge in [0.15, 0.2) is 5.82 Å². The summed E-state index contributed by atoms with van der Waals surface area (Å²) in [6.07, 6.45) is 1.82. The Morgan fingerprint density at radius 1 is 0.931 bits per heavy atom. The lowest BCUT2D eigenvalue weighted by Gasteiger charge is -2.21. The van der Waals surface area contributed by atoms with E-state index in [4.69, 9.17) is 4.98 Å². The molecule has 1 aromatic heterocycles. The summed E-state index contributed by atoms with van der Waals surface area (Å²) in [6.45, 7) is 1.73. The van der Waals surface area contributed by atoms with Gasteiger partial charge in [-0.2, -0.15) is 0 Å². The van der Waals surface area contributed by atoms with E-state index in [0.29, 0.717) is 25.5 Å². The van der Waals surface area contributed by atoms with Crippen molar-refractivity contribution in [3.63, 3.8) is 0 Å². The first-order chi connectivity index (χ1) is 14.3. The maximum atomic E-state index is 13.4. The van der Waals surface area contributed by atoms with E-state index >= 15 is 0 Å². The molecule has 1 N–H and O–H groups in total. The number of rotatable bonds is 2. The summed E-state index contributed by atoms with van der Waals surface area (Å²) in [5.74, 6) is 0.696. The average molecular weight is 380 g/mol. The lowest BCUT2D eigenvalue weighted by molar-refractivity contribution is 0.0753. The van der Waals surface area contributed by atoms with E-state index in [1.807, 2.05) is 83.9 Å². The van der Waals surface area contributed by atoms with Gasteiger partial charge >= 0.3 is 0 Å². The van der Waals surface area contributed by atoms with Gasteiger partial charge in [0.2, 0.25) is 0 Å². The third-order valence-corrected chi connectivity index (χ3v) is 5.24. The van der Waals surface area contributed by atoms with Crippen molar-refractivity contribution in [1.82, 2.24) is 14.9 Å². The molecular weight excluding hydrogens is 360 g/mol. The Kier molecular flexibility index (Phi) is 4.41. The molecule has 0 bridgehead atoms. The zero-order valence-corrected chi connectivity index (χ0v) is 15.9. The molecule has 5 rings (SSSR count). The fourth-order valence-electron chi connectivity index (χ4n) is 3.75. The van der Waals surface area contributed by atoms with Gasteiger partial charge in [-0.05, 0) is 16.8 Å². The third-order valence-electron chi connectivity index (χ3n) is 5.24. The molecule has 0 spiro atoms. The van der Waals surface area contributed by atoms with E-state index in [1.54, 1.807) is 0 Å². The van der Waals surface area contributed by atoms with Crippen molar-refractivity contribution in [2.75, 3.05) is 18.4 Å². The SMILES string of the molecule is O=C(c1cccc2ccccc12)N1CCNc2cnc(-c3ccccc3)nc2C1. The molecular formula is C24H20N4O. The van der Waals surface area contributed by atoms with Crippen LogP contribution in [-0.4, -0.2) is 33.9 Å². The Labute approximate surface area is 169 Å². The first-order valence-electron chi connectivity index (χ1n) is 9.72. The van der Waals surface area contributed by atoms with Crippen molar-refractivity contribution in [2.45, 2.75) is 6.54 Å². The van der Waals surface area contributed by atoms with Gasteiger partial charge in [-0.25, -0.2) is 9.97 Å². The molecule has 0 fully saturated rings. The number of carbonyl (C=O) groups is 1. The van der Waals surface area contributed by atoms with E-state index in [-0.39, 0.29) is 5.91 Å². The van der Waals surface area contributed by atoms with Gasteiger partial charge in [0, 0.05) is 24.2 Å². The largest absolute Gasteiger partial charge is 0.380 e. The van der Waals surface area contributed by atoms with Gasteiger partial charge in [0.1, 0.15) is 0 Å². The molecule has 4 aromatic rings. The van der Waals surface area contributed by atoms with Crippen LogP contribution >= 0.6 is 0 Å². The highest BCUT2D eigenvalue weighted by Crippen LogP contribution is 2.25. The van der Waals surface area contributed by atoms with Crippen LogP contribution in [0, 0.1) is 0 Å². The number of amides is 1. The highest BCUT2D eigenvalue weighted by atomic mass is 16.2. The quantitative estimate of drug-likeness (QED) is 0.561. The second-order valence-corrected chi connectivity index (χ2v) is 7.10. The number of carbonyl (C=O) groups excluding carboxylic acids is 1. The normalized spacial score (nSPS) is 13.4. The smallest absolute Gasteiger partial charge is 0.254 e. The number of fused-ring (bicyclic) bond motifs is 2. The molecule has 1 aliphatic heterocycles. The third kappa shape index (κ3) is 3.31. The Morgan fingerprint density at radius 3 is 2.62 bits per heavy atom. The van der Waals surface area contributed by atoms with Crippen LogP contribution < -0.4 is 5.32 Å². The molecule has 5 nitrogen and oxygen atoms in total. The van der Waals surface area contributed by atoms with E-state index in [2.05, 4.69) is 10.3 Å². The van der Waals surface area contributed by atoms with E-state index in [1.165, 1.54) is 0 Å². The summed E-state index contributed by atoms with van der Waals surface area (Å²) < 4.78 is 0. The predicted molar refractivity (Wildman–Crippen MR) is 115 cm³/mol. The molecule has 0 unspecified atom stereocenters. The van der Waals surface area contributed by atoms with Crippen molar-refractivity contribution in [1.29, 1.82) is 0 Å². The summed E-state index contributed by atoms with van der Waals surface area (Å²) in [5.41, 5.74) is 3.42. The minimum absolute atomic E-state index is 0.0244. The number of aromatic nitrogens is 2. The van der Waals surface area contributed by atoms with Crippen LogP contribution in [-0.2, 0) is 6.54 Å². The standard InChI is InChI=1S/C24H20N4O/c29-24(20-12-6-10-17-7-4-5-11-19(17)20)28-14-13-25-21-15-26-23(27-22(21)16-28)18-8-2-1-3-9-18/h1-12,15,25H,13-14,16H2. The second kappa shape index (κ2) is 7.36. The Balaban J connectivity index is 1.50. The predicted octanol–water partition coefficient (Wildman–Crippen LogP) is 4.36. The van der Waals surface area contributed by atoms with Gasteiger partial charge in [0.05, 0.1) is 24.1 Å². The van der Waals surface area contributed by atoms with Gasteiger partial charge < -0.3 is 10.2 Å². The first-order valence-corrected chi connectivity index (χ1v) is 9.72. The molecule has 5 heteroatoms. The Morgan fingerprint density at radius 2 is 1.72 bits per heavy atom. The van der Waals surface area contributed by atoms with Gasteiger partial charge in [-0.15, -0.1) is 0 Å². The molecule has 0 atom stereocenters. The number of anilines is 1. The van der Waals surface area contributed by atoms with Crippen LogP contribution in [0.5, 0.6) is 0 Å². The van der Waals surface area contributed by atoms with Crippen LogP contribution in [0.25, 0.3) is 22.2 Å². The molecule has 2 heterocycles. The number of hydrogen-bond donors (Lipinski definition) is 1. The molecule has 142 valence electrons. The highest BCUT2D eigenvalue weighted by Gasteiger charge is 2.23. The highest BCUT2D eigenvalue weighted by molar-refractivity contribution is 6.07. The average Bonchev–Trinajstić information content (AvgIpc) is 3.01. The Hall–Kier alpha value is -3.73. The number of hydrogen-bond acceptors (Lipinski definition) is 4. The number of benzene rings is 3. The fraction of sp³-hybridized carbons (Fsp3) is 0.125. The van der Waals surface area contributed by atoms with Crippen LogP contribution in [0.1, 0.15) is 16.1 Å². The fourth-order valence-corrected chi connectivity index (χ4v) is 3.75. The molecule has 0 saturated heterocycles. The molecule has 3 aromatic carbocycles. The Bertz CT molecular complexity index is 1180. The topological polar surface area (TPSA) is 58.1 Å². The minimum Gasteiger partial charge on any atom is -0.380 e.